The van der Waals surface area contributed by atoms with Crippen LogP contribution in [0.1, 0.15) is 60.3 Å². The number of amides is 1. The van der Waals surface area contributed by atoms with Gasteiger partial charge in [-0.15, -0.1) is 0 Å². The SMILES string of the molecule is CCC(C)CN(CC)C1CCC(NC(C)C)(C(N)=O)C1. The molecule has 0 heterocycles. The van der Waals surface area contributed by atoms with Gasteiger partial charge in [0.2, 0.25) is 5.91 Å². The zero-order valence-corrected chi connectivity index (χ0v) is 13.9. The molecule has 1 saturated carbocycles. The molecule has 0 aromatic heterocycles. The van der Waals surface area contributed by atoms with Crippen molar-refractivity contribution >= 4 is 5.91 Å². The molecule has 20 heavy (non-hydrogen) atoms. The van der Waals surface area contributed by atoms with Crippen LogP contribution in [0.25, 0.3) is 0 Å². The van der Waals surface area contributed by atoms with Crippen molar-refractivity contribution < 1.29 is 4.79 Å². The third kappa shape index (κ3) is 4.19. The summed E-state index contributed by atoms with van der Waals surface area (Å²) in [6.45, 7) is 13.1. The van der Waals surface area contributed by atoms with Crippen LogP contribution in [0.15, 0.2) is 0 Å². The van der Waals surface area contributed by atoms with Crippen LogP contribution in [-0.4, -0.2) is 41.5 Å². The lowest BCUT2D eigenvalue weighted by Gasteiger charge is -2.33. The average molecular weight is 283 g/mol. The quantitative estimate of drug-likeness (QED) is 0.717. The van der Waals surface area contributed by atoms with E-state index < -0.39 is 5.54 Å². The molecule has 4 heteroatoms. The smallest absolute Gasteiger partial charge is 0.237 e. The summed E-state index contributed by atoms with van der Waals surface area (Å²) < 4.78 is 0. The van der Waals surface area contributed by atoms with Gasteiger partial charge in [-0.2, -0.15) is 0 Å². The summed E-state index contributed by atoms with van der Waals surface area (Å²) in [6, 6.07) is 0.763. The molecule has 1 rings (SSSR count). The Balaban J connectivity index is 2.73. The third-order valence-electron chi connectivity index (χ3n) is 4.69. The Morgan fingerprint density at radius 1 is 1.40 bits per heavy atom. The first-order valence-electron chi connectivity index (χ1n) is 8.16. The molecular weight excluding hydrogens is 250 g/mol. The molecule has 0 radical (unpaired) electrons. The van der Waals surface area contributed by atoms with Crippen molar-refractivity contribution in [3.63, 3.8) is 0 Å². The van der Waals surface area contributed by atoms with E-state index in [-0.39, 0.29) is 11.9 Å². The highest BCUT2D eigenvalue weighted by Gasteiger charge is 2.45. The average Bonchev–Trinajstić information content (AvgIpc) is 2.80. The lowest BCUT2D eigenvalue weighted by molar-refractivity contribution is -0.124. The Morgan fingerprint density at radius 2 is 2.05 bits per heavy atom. The van der Waals surface area contributed by atoms with Gasteiger partial charge in [0.05, 0.1) is 5.54 Å². The van der Waals surface area contributed by atoms with E-state index >= 15 is 0 Å². The van der Waals surface area contributed by atoms with Crippen LogP contribution in [-0.2, 0) is 4.79 Å². The number of carbonyl (C=O) groups is 1. The molecule has 3 N–H and O–H groups in total. The normalized spacial score (nSPS) is 28.2. The summed E-state index contributed by atoms with van der Waals surface area (Å²) >= 11 is 0. The van der Waals surface area contributed by atoms with Crippen LogP contribution in [0.2, 0.25) is 0 Å². The van der Waals surface area contributed by atoms with Crippen molar-refractivity contribution in [1.29, 1.82) is 0 Å². The molecule has 118 valence electrons. The second-order valence-electron chi connectivity index (χ2n) is 6.74. The van der Waals surface area contributed by atoms with E-state index in [1.165, 1.54) is 6.42 Å². The lowest BCUT2D eigenvalue weighted by atomic mass is 9.95. The highest BCUT2D eigenvalue weighted by atomic mass is 16.1. The number of carbonyl (C=O) groups excluding carboxylic acids is 1. The topological polar surface area (TPSA) is 58.4 Å². The van der Waals surface area contributed by atoms with Crippen LogP contribution in [0.5, 0.6) is 0 Å². The van der Waals surface area contributed by atoms with Crippen molar-refractivity contribution in [2.24, 2.45) is 11.7 Å². The standard InChI is InChI=1S/C16H33N3O/c1-6-13(5)11-19(7-2)14-8-9-16(10-14,15(17)20)18-12(3)4/h12-14,18H,6-11H2,1-5H3,(H2,17,20). The van der Waals surface area contributed by atoms with Gasteiger partial charge >= 0.3 is 0 Å². The number of nitrogens with two attached hydrogens (primary N) is 1. The Hall–Kier alpha value is -0.610. The van der Waals surface area contributed by atoms with Crippen molar-refractivity contribution in [3.8, 4) is 0 Å². The summed E-state index contributed by atoms with van der Waals surface area (Å²) in [5.41, 5.74) is 5.19. The van der Waals surface area contributed by atoms with Gasteiger partial charge in [0.25, 0.3) is 0 Å². The Bertz CT molecular complexity index is 319. The van der Waals surface area contributed by atoms with Crippen LogP contribution in [0.3, 0.4) is 0 Å². The first-order valence-corrected chi connectivity index (χ1v) is 8.16. The highest BCUT2D eigenvalue weighted by molar-refractivity contribution is 5.85. The zero-order chi connectivity index (χ0) is 15.3. The molecule has 4 nitrogen and oxygen atoms in total. The summed E-state index contributed by atoms with van der Waals surface area (Å²) in [7, 11) is 0. The monoisotopic (exact) mass is 283 g/mol. The van der Waals surface area contributed by atoms with Gasteiger partial charge in [0.15, 0.2) is 0 Å². The molecular formula is C16H33N3O. The first-order chi connectivity index (χ1) is 9.34. The number of rotatable bonds is 8. The van der Waals surface area contributed by atoms with Crippen molar-refractivity contribution in [3.05, 3.63) is 0 Å². The Morgan fingerprint density at radius 3 is 2.50 bits per heavy atom. The number of nitrogens with one attached hydrogen (secondary N) is 1. The third-order valence-corrected chi connectivity index (χ3v) is 4.69. The van der Waals surface area contributed by atoms with Crippen LogP contribution in [0.4, 0.5) is 0 Å². The summed E-state index contributed by atoms with van der Waals surface area (Å²) in [6.07, 6.45) is 3.98. The second kappa shape index (κ2) is 7.41. The van der Waals surface area contributed by atoms with Crippen LogP contribution >= 0.6 is 0 Å². The van der Waals surface area contributed by atoms with E-state index in [4.69, 9.17) is 5.73 Å². The molecule has 0 aliphatic heterocycles. The van der Waals surface area contributed by atoms with Gasteiger partial charge in [-0.05, 0) is 45.6 Å². The fourth-order valence-electron chi connectivity index (χ4n) is 3.38. The van der Waals surface area contributed by atoms with Gasteiger partial charge in [-0.3, -0.25) is 4.79 Å². The fourth-order valence-corrected chi connectivity index (χ4v) is 3.38. The van der Waals surface area contributed by atoms with Crippen LogP contribution in [0, 0.1) is 5.92 Å². The molecule has 0 saturated heterocycles. The fraction of sp³-hybridized carbons (Fsp3) is 0.938. The maximum atomic E-state index is 11.9. The Kier molecular flexibility index (Phi) is 6.46. The molecule has 0 aromatic rings. The lowest BCUT2D eigenvalue weighted by Crippen LogP contribution is -2.56. The summed E-state index contributed by atoms with van der Waals surface area (Å²) in [5.74, 6) is 0.518. The van der Waals surface area contributed by atoms with Gasteiger partial charge in [-0.1, -0.05) is 27.2 Å². The molecule has 1 aliphatic carbocycles. The summed E-state index contributed by atoms with van der Waals surface area (Å²) in [4.78, 5) is 14.5. The van der Waals surface area contributed by atoms with Crippen molar-refractivity contribution in [2.45, 2.75) is 77.9 Å². The number of hydrogen-bond donors (Lipinski definition) is 2. The Labute approximate surface area is 124 Å². The highest BCUT2D eigenvalue weighted by Crippen LogP contribution is 2.34. The van der Waals surface area contributed by atoms with Crippen LogP contribution < -0.4 is 11.1 Å². The summed E-state index contributed by atoms with van der Waals surface area (Å²) in [5, 5.41) is 3.43. The minimum atomic E-state index is -0.498. The van der Waals surface area contributed by atoms with Crippen molar-refractivity contribution in [1.82, 2.24) is 10.2 Å². The number of primary amides is 1. The predicted molar refractivity (Wildman–Crippen MR) is 84.5 cm³/mol. The minimum absolute atomic E-state index is 0.187. The molecule has 1 aliphatic rings. The largest absolute Gasteiger partial charge is 0.368 e. The molecule has 1 amide bonds. The molecule has 3 atom stereocenters. The minimum Gasteiger partial charge on any atom is -0.368 e. The first kappa shape index (κ1) is 17.4. The van der Waals surface area contributed by atoms with E-state index in [1.807, 2.05) is 0 Å². The molecule has 0 bridgehead atoms. The number of nitrogens with zero attached hydrogens (tertiary/aromatic N) is 1. The second-order valence-corrected chi connectivity index (χ2v) is 6.74. The van der Waals surface area contributed by atoms with E-state index in [0.717, 1.165) is 32.4 Å². The van der Waals surface area contributed by atoms with Gasteiger partial charge < -0.3 is 16.0 Å². The molecule has 0 spiro atoms. The number of hydrogen-bond acceptors (Lipinski definition) is 3. The van der Waals surface area contributed by atoms with E-state index in [9.17, 15) is 4.79 Å². The van der Waals surface area contributed by atoms with Gasteiger partial charge in [0, 0.05) is 18.6 Å². The van der Waals surface area contributed by atoms with E-state index in [1.54, 1.807) is 0 Å². The molecule has 1 fully saturated rings. The maximum Gasteiger partial charge on any atom is 0.237 e. The predicted octanol–water partition coefficient (Wildman–Crippen LogP) is 2.13. The van der Waals surface area contributed by atoms with E-state index in [2.05, 4.69) is 44.8 Å². The maximum absolute atomic E-state index is 11.9. The molecule has 0 aromatic carbocycles. The van der Waals surface area contributed by atoms with Crippen molar-refractivity contribution in [2.75, 3.05) is 13.1 Å². The van der Waals surface area contributed by atoms with E-state index in [0.29, 0.717) is 12.0 Å². The van der Waals surface area contributed by atoms with Gasteiger partial charge in [-0.25, -0.2) is 0 Å². The van der Waals surface area contributed by atoms with Gasteiger partial charge in [0.1, 0.15) is 0 Å². The zero-order valence-electron chi connectivity index (χ0n) is 13.9. The molecule has 3 unspecified atom stereocenters.